The second kappa shape index (κ2) is 10.2. The summed E-state index contributed by atoms with van der Waals surface area (Å²) in [6, 6.07) is 0. The summed E-state index contributed by atoms with van der Waals surface area (Å²) in [5, 5.41) is 0. The van der Waals surface area contributed by atoms with Gasteiger partial charge in [-0.1, -0.05) is 0 Å². The maximum atomic E-state index is 11.5. The van der Waals surface area contributed by atoms with Crippen LogP contribution in [0.2, 0.25) is 0 Å². The van der Waals surface area contributed by atoms with E-state index >= 15 is 0 Å². The lowest BCUT2D eigenvalue weighted by Crippen LogP contribution is -2.22. The first-order chi connectivity index (χ1) is 12.2. The molecular weight excluding hydrogens is 332 g/mol. The molecule has 2 aromatic heterocycles. The number of ether oxygens (including phenoxy) is 4. The summed E-state index contributed by atoms with van der Waals surface area (Å²) in [6.07, 6.45) is 7.50. The summed E-state index contributed by atoms with van der Waals surface area (Å²) in [4.78, 5) is 30.5. The number of imidazole rings is 2. The van der Waals surface area contributed by atoms with Crippen LogP contribution in [-0.4, -0.2) is 70.4 Å². The van der Waals surface area contributed by atoms with Crippen molar-refractivity contribution in [3.63, 3.8) is 0 Å². The maximum Gasteiger partial charge on any atom is 0.419 e. The first-order valence-electron chi connectivity index (χ1n) is 7.66. The molecule has 0 saturated carbocycles. The summed E-state index contributed by atoms with van der Waals surface area (Å²) in [7, 11) is 0. The lowest BCUT2D eigenvalue weighted by molar-refractivity contribution is -0.0275. The summed E-state index contributed by atoms with van der Waals surface area (Å²) in [5.74, 6) is 0. The molecule has 0 radical (unpaired) electrons. The summed E-state index contributed by atoms with van der Waals surface area (Å²) in [6.45, 7) is 2.92. The first-order valence-corrected chi connectivity index (χ1v) is 7.66. The topological polar surface area (TPSA) is 107 Å². The highest BCUT2D eigenvalue weighted by molar-refractivity contribution is 5.70. The minimum atomic E-state index is -0.510. The lowest BCUT2D eigenvalue weighted by Gasteiger charge is -2.13. The molecule has 0 aliphatic carbocycles. The van der Waals surface area contributed by atoms with E-state index in [1.54, 1.807) is 0 Å². The van der Waals surface area contributed by atoms with E-state index in [2.05, 4.69) is 9.97 Å². The van der Waals surface area contributed by atoms with Crippen LogP contribution in [-0.2, 0) is 18.9 Å². The van der Waals surface area contributed by atoms with Gasteiger partial charge in [-0.15, -0.1) is 0 Å². The van der Waals surface area contributed by atoms with Crippen molar-refractivity contribution in [2.75, 3.05) is 33.0 Å². The van der Waals surface area contributed by atoms with Crippen LogP contribution in [0.4, 0.5) is 9.59 Å². The van der Waals surface area contributed by atoms with Gasteiger partial charge in [-0.05, 0) is 6.92 Å². The number of aromatic nitrogens is 4. The van der Waals surface area contributed by atoms with Crippen molar-refractivity contribution in [3.05, 3.63) is 37.4 Å². The Morgan fingerprint density at radius 2 is 1.48 bits per heavy atom. The van der Waals surface area contributed by atoms with E-state index in [0.717, 1.165) is 0 Å². The Bertz CT molecular complexity index is 629. The van der Waals surface area contributed by atoms with Gasteiger partial charge in [0.2, 0.25) is 0 Å². The molecule has 0 aliphatic rings. The van der Waals surface area contributed by atoms with Crippen molar-refractivity contribution in [2.24, 2.45) is 0 Å². The van der Waals surface area contributed by atoms with Crippen molar-refractivity contribution in [3.8, 4) is 0 Å². The number of nitrogens with zero attached hydrogens (tertiary/aromatic N) is 4. The third-order valence-corrected chi connectivity index (χ3v) is 2.95. The lowest BCUT2D eigenvalue weighted by atomic mass is 10.4. The first kappa shape index (κ1) is 18.6. The van der Waals surface area contributed by atoms with Crippen molar-refractivity contribution in [1.29, 1.82) is 0 Å². The fourth-order valence-corrected chi connectivity index (χ4v) is 1.75. The van der Waals surface area contributed by atoms with Gasteiger partial charge in [0.1, 0.15) is 25.9 Å². The molecule has 1 unspecified atom stereocenters. The van der Waals surface area contributed by atoms with Gasteiger partial charge in [0.15, 0.2) is 0 Å². The van der Waals surface area contributed by atoms with E-state index in [9.17, 15) is 9.59 Å². The molecule has 2 rings (SSSR count). The van der Waals surface area contributed by atoms with Gasteiger partial charge in [-0.25, -0.2) is 28.7 Å². The Morgan fingerprint density at radius 1 is 0.920 bits per heavy atom. The van der Waals surface area contributed by atoms with Gasteiger partial charge in [0, 0.05) is 24.8 Å². The van der Waals surface area contributed by atoms with Crippen LogP contribution in [0.5, 0.6) is 0 Å². The molecule has 0 saturated heterocycles. The third kappa shape index (κ3) is 6.73. The molecule has 0 fully saturated rings. The molecule has 0 bridgehead atoms. The van der Waals surface area contributed by atoms with Gasteiger partial charge < -0.3 is 18.9 Å². The zero-order chi connectivity index (χ0) is 17.9. The van der Waals surface area contributed by atoms with Crippen molar-refractivity contribution < 1.29 is 28.5 Å². The van der Waals surface area contributed by atoms with E-state index in [1.165, 1.54) is 46.6 Å². The molecule has 0 aromatic carbocycles. The predicted octanol–water partition coefficient (Wildman–Crippen LogP) is 1.17. The maximum absolute atomic E-state index is 11.5. The van der Waals surface area contributed by atoms with Gasteiger partial charge in [-0.2, -0.15) is 0 Å². The molecule has 0 amide bonds. The minimum Gasteiger partial charge on any atom is -0.446 e. The van der Waals surface area contributed by atoms with Crippen LogP contribution in [0.25, 0.3) is 0 Å². The van der Waals surface area contributed by atoms with E-state index in [0.29, 0.717) is 6.61 Å². The Hall–Kier alpha value is -2.72. The van der Waals surface area contributed by atoms with E-state index in [-0.39, 0.29) is 32.5 Å². The molecule has 2 heterocycles. The Morgan fingerprint density at radius 3 is 2.00 bits per heavy atom. The molecule has 0 aliphatic heterocycles. The number of hydrogen-bond donors (Lipinski definition) is 0. The van der Waals surface area contributed by atoms with E-state index < -0.39 is 12.2 Å². The van der Waals surface area contributed by atoms with Gasteiger partial charge in [-0.3, -0.25) is 0 Å². The van der Waals surface area contributed by atoms with Crippen LogP contribution in [0.15, 0.2) is 37.4 Å². The van der Waals surface area contributed by atoms with E-state index in [1.807, 2.05) is 6.92 Å². The van der Waals surface area contributed by atoms with Crippen molar-refractivity contribution in [2.45, 2.75) is 13.0 Å². The molecule has 0 N–H and O–H groups in total. The molecule has 0 spiro atoms. The highest BCUT2D eigenvalue weighted by Gasteiger charge is 2.07. The normalized spacial score (nSPS) is 11.9. The molecule has 10 heteroatoms. The number of carbonyl (C=O) groups is 2. The Kier molecular flexibility index (Phi) is 7.60. The zero-order valence-corrected chi connectivity index (χ0v) is 13.8. The Balaban J connectivity index is 1.45. The minimum absolute atomic E-state index is 0.129. The monoisotopic (exact) mass is 352 g/mol. The van der Waals surface area contributed by atoms with Gasteiger partial charge in [0.25, 0.3) is 0 Å². The molecule has 10 nitrogen and oxygen atoms in total. The highest BCUT2D eigenvalue weighted by Crippen LogP contribution is 1.95. The molecule has 25 heavy (non-hydrogen) atoms. The fourth-order valence-electron chi connectivity index (χ4n) is 1.75. The number of carbonyl (C=O) groups excluding carboxylic acids is 2. The summed E-state index contributed by atoms with van der Waals surface area (Å²) >= 11 is 0. The smallest absolute Gasteiger partial charge is 0.419 e. The average molecular weight is 352 g/mol. The largest absolute Gasteiger partial charge is 0.446 e. The second-order valence-corrected chi connectivity index (χ2v) is 4.92. The third-order valence-electron chi connectivity index (χ3n) is 2.95. The summed E-state index contributed by atoms with van der Waals surface area (Å²) < 4.78 is 23.2. The highest BCUT2D eigenvalue weighted by atomic mass is 16.6. The van der Waals surface area contributed by atoms with E-state index in [4.69, 9.17) is 18.9 Å². The van der Waals surface area contributed by atoms with Crippen molar-refractivity contribution >= 4 is 12.2 Å². The van der Waals surface area contributed by atoms with Crippen molar-refractivity contribution in [1.82, 2.24) is 19.1 Å². The second-order valence-electron chi connectivity index (χ2n) is 4.92. The van der Waals surface area contributed by atoms with Gasteiger partial charge in [0.05, 0.1) is 25.9 Å². The number of hydrogen-bond acceptors (Lipinski definition) is 8. The standard InChI is InChI=1S/C15H20N4O6/c1-13(23-8-9-25-15(21)19-5-3-17-12-19)10-22-6-7-24-14(20)18-4-2-16-11-18/h2-5,11-13H,6-10H2,1H3. The summed E-state index contributed by atoms with van der Waals surface area (Å²) in [5.41, 5.74) is 0. The molecular formula is C15H20N4O6. The predicted molar refractivity (Wildman–Crippen MR) is 84.2 cm³/mol. The van der Waals surface area contributed by atoms with Crippen LogP contribution in [0.3, 0.4) is 0 Å². The number of rotatable bonds is 9. The Labute approximate surface area is 144 Å². The fraction of sp³-hybridized carbons (Fsp3) is 0.467. The van der Waals surface area contributed by atoms with Crippen LogP contribution >= 0.6 is 0 Å². The van der Waals surface area contributed by atoms with Crippen LogP contribution in [0.1, 0.15) is 6.92 Å². The van der Waals surface area contributed by atoms with Crippen LogP contribution < -0.4 is 0 Å². The van der Waals surface area contributed by atoms with Crippen LogP contribution in [0, 0.1) is 0 Å². The molecule has 2 aromatic rings. The van der Waals surface area contributed by atoms with Gasteiger partial charge >= 0.3 is 12.2 Å². The average Bonchev–Trinajstić information content (AvgIpc) is 3.31. The SMILES string of the molecule is CC(COCCOC(=O)n1ccnc1)OCCOC(=O)n1ccnc1. The zero-order valence-electron chi connectivity index (χ0n) is 13.8. The molecule has 1 atom stereocenters. The quantitative estimate of drug-likeness (QED) is 0.619. The molecule has 136 valence electrons.